The average Bonchev–Trinajstić information content (AvgIpc) is 2.53. The number of likely N-dealkylation sites (tertiary alicyclic amines) is 1. The van der Waals surface area contributed by atoms with Crippen LogP contribution in [0.1, 0.15) is 24.4 Å². The lowest BCUT2D eigenvalue weighted by Gasteiger charge is -2.32. The van der Waals surface area contributed by atoms with Gasteiger partial charge in [-0.15, -0.1) is 0 Å². The zero-order chi connectivity index (χ0) is 15.2. The number of aliphatic hydroxyl groups excluding tert-OH is 1. The molecule has 1 aromatic rings. The number of aliphatic carboxylic acids is 1. The molecule has 2 rings (SSSR count). The molecule has 1 fully saturated rings. The summed E-state index contributed by atoms with van der Waals surface area (Å²) in [5.74, 6) is -0.849. The van der Waals surface area contributed by atoms with Crippen molar-refractivity contribution in [2.45, 2.75) is 18.9 Å². The molecule has 0 unspecified atom stereocenters. The van der Waals surface area contributed by atoms with Crippen LogP contribution in [-0.4, -0.2) is 46.8 Å². The van der Waals surface area contributed by atoms with Gasteiger partial charge in [0.2, 0.25) is 0 Å². The number of nitrogens with one attached hydrogen (secondary N) is 1. The summed E-state index contributed by atoms with van der Waals surface area (Å²) >= 11 is 0. The van der Waals surface area contributed by atoms with Crippen LogP contribution in [0.3, 0.4) is 0 Å². The number of urea groups is 1. The van der Waals surface area contributed by atoms with Gasteiger partial charge in [0.25, 0.3) is 0 Å². The molecule has 1 heterocycles. The van der Waals surface area contributed by atoms with Crippen LogP contribution in [0.4, 0.5) is 4.79 Å². The lowest BCUT2D eigenvalue weighted by Crippen LogP contribution is -2.47. The summed E-state index contributed by atoms with van der Waals surface area (Å²) in [4.78, 5) is 25.1. The molecule has 6 heteroatoms. The van der Waals surface area contributed by atoms with Gasteiger partial charge in [-0.2, -0.15) is 0 Å². The van der Waals surface area contributed by atoms with Crippen molar-refractivity contribution in [2.24, 2.45) is 5.92 Å². The second-order valence-corrected chi connectivity index (χ2v) is 5.24. The molecule has 1 atom stereocenters. The van der Waals surface area contributed by atoms with Crippen molar-refractivity contribution < 1.29 is 19.8 Å². The zero-order valence-electron chi connectivity index (χ0n) is 11.7. The number of hydrogen-bond acceptors (Lipinski definition) is 3. The number of carbonyl (C=O) groups is 2. The number of carboxylic acid groups (broad SMARTS) is 1. The lowest BCUT2D eigenvalue weighted by molar-refractivity contribution is -0.139. The van der Waals surface area contributed by atoms with Crippen LogP contribution in [-0.2, 0) is 4.79 Å². The van der Waals surface area contributed by atoms with E-state index in [9.17, 15) is 14.7 Å². The summed E-state index contributed by atoms with van der Waals surface area (Å²) in [5, 5.41) is 20.9. The van der Waals surface area contributed by atoms with Gasteiger partial charge in [0.15, 0.2) is 6.04 Å². The van der Waals surface area contributed by atoms with Crippen LogP contribution in [0.15, 0.2) is 30.3 Å². The molecule has 1 saturated heterocycles. The van der Waals surface area contributed by atoms with Crippen LogP contribution >= 0.6 is 0 Å². The fraction of sp³-hybridized carbons (Fsp3) is 0.467. The third-order valence-corrected chi connectivity index (χ3v) is 3.81. The zero-order valence-corrected chi connectivity index (χ0v) is 11.7. The van der Waals surface area contributed by atoms with Crippen molar-refractivity contribution in [3.05, 3.63) is 35.9 Å². The minimum Gasteiger partial charge on any atom is -0.479 e. The molecule has 0 radical (unpaired) electrons. The molecule has 1 aliphatic heterocycles. The predicted molar refractivity (Wildman–Crippen MR) is 76.7 cm³/mol. The highest BCUT2D eigenvalue weighted by Gasteiger charge is 2.27. The Kier molecular flexibility index (Phi) is 5.16. The summed E-state index contributed by atoms with van der Waals surface area (Å²) in [6.07, 6.45) is 1.49. The number of nitrogens with zero attached hydrogens (tertiary/aromatic N) is 1. The van der Waals surface area contributed by atoms with Gasteiger partial charge in [-0.1, -0.05) is 30.3 Å². The van der Waals surface area contributed by atoms with Crippen LogP contribution in [0.5, 0.6) is 0 Å². The van der Waals surface area contributed by atoms with E-state index < -0.39 is 12.0 Å². The van der Waals surface area contributed by atoms with E-state index in [2.05, 4.69) is 5.32 Å². The highest BCUT2D eigenvalue weighted by molar-refractivity contribution is 5.83. The molecule has 0 aromatic heterocycles. The average molecular weight is 292 g/mol. The first-order valence-corrected chi connectivity index (χ1v) is 7.06. The van der Waals surface area contributed by atoms with E-state index in [0.717, 1.165) is 12.8 Å². The summed E-state index contributed by atoms with van der Waals surface area (Å²) in [7, 11) is 0. The Labute approximate surface area is 123 Å². The second kappa shape index (κ2) is 7.08. The van der Waals surface area contributed by atoms with E-state index in [4.69, 9.17) is 5.11 Å². The van der Waals surface area contributed by atoms with Gasteiger partial charge >= 0.3 is 12.0 Å². The fourth-order valence-electron chi connectivity index (χ4n) is 2.47. The fourth-order valence-corrected chi connectivity index (χ4v) is 2.47. The normalized spacial score (nSPS) is 17.3. The molecule has 1 aromatic carbocycles. The van der Waals surface area contributed by atoms with Gasteiger partial charge in [0, 0.05) is 19.7 Å². The predicted octanol–water partition coefficient (Wildman–Crippen LogP) is 1.23. The quantitative estimate of drug-likeness (QED) is 0.778. The maximum Gasteiger partial charge on any atom is 0.330 e. The van der Waals surface area contributed by atoms with Crippen LogP contribution < -0.4 is 5.32 Å². The number of aliphatic hydroxyl groups is 1. The molecule has 1 aliphatic rings. The second-order valence-electron chi connectivity index (χ2n) is 5.24. The van der Waals surface area contributed by atoms with Gasteiger partial charge in [0.05, 0.1) is 0 Å². The maximum atomic E-state index is 12.2. The van der Waals surface area contributed by atoms with E-state index in [1.165, 1.54) is 0 Å². The van der Waals surface area contributed by atoms with Crippen molar-refractivity contribution >= 4 is 12.0 Å². The van der Waals surface area contributed by atoms with Gasteiger partial charge in [-0.3, -0.25) is 0 Å². The molecule has 0 bridgehead atoms. The Hall–Kier alpha value is -2.08. The van der Waals surface area contributed by atoms with Gasteiger partial charge in [-0.25, -0.2) is 9.59 Å². The molecule has 2 amide bonds. The van der Waals surface area contributed by atoms with Crippen molar-refractivity contribution in [1.82, 2.24) is 10.2 Å². The first-order chi connectivity index (χ1) is 10.1. The molecule has 21 heavy (non-hydrogen) atoms. The van der Waals surface area contributed by atoms with Crippen LogP contribution in [0, 0.1) is 5.92 Å². The highest BCUT2D eigenvalue weighted by Crippen LogP contribution is 2.18. The van der Waals surface area contributed by atoms with Crippen molar-refractivity contribution in [3.8, 4) is 0 Å². The number of carbonyl (C=O) groups excluding carboxylic acids is 1. The van der Waals surface area contributed by atoms with Crippen molar-refractivity contribution in [1.29, 1.82) is 0 Å². The van der Waals surface area contributed by atoms with E-state index in [1.807, 2.05) is 0 Å². The molecular formula is C15H20N2O4. The monoisotopic (exact) mass is 292 g/mol. The minimum atomic E-state index is -1.08. The standard InChI is InChI=1S/C15H20N2O4/c18-10-11-6-8-17(9-7-11)15(21)16-13(14(19)20)12-4-2-1-3-5-12/h1-5,11,13,18H,6-10H2,(H,16,21)(H,19,20)/t13-/m1/s1. The van der Waals surface area contributed by atoms with E-state index >= 15 is 0 Å². The molecule has 114 valence electrons. The first kappa shape index (κ1) is 15.3. The van der Waals surface area contributed by atoms with Crippen LogP contribution in [0.2, 0.25) is 0 Å². The van der Waals surface area contributed by atoms with Crippen LogP contribution in [0.25, 0.3) is 0 Å². The molecular weight excluding hydrogens is 272 g/mol. The third kappa shape index (κ3) is 3.95. The van der Waals surface area contributed by atoms with E-state index in [1.54, 1.807) is 35.2 Å². The number of carboxylic acids is 1. The summed E-state index contributed by atoms with van der Waals surface area (Å²) < 4.78 is 0. The number of amides is 2. The summed E-state index contributed by atoms with van der Waals surface area (Å²) in [6, 6.07) is 7.21. The SMILES string of the molecule is O=C(O)[C@H](NC(=O)N1CCC(CO)CC1)c1ccccc1. The Bertz CT molecular complexity index is 484. The Morgan fingerprint density at radius 2 is 1.86 bits per heavy atom. The topological polar surface area (TPSA) is 89.9 Å². The number of rotatable bonds is 4. The summed E-state index contributed by atoms with van der Waals surface area (Å²) in [5.41, 5.74) is 0.545. The van der Waals surface area contributed by atoms with Gasteiger partial charge in [0.1, 0.15) is 0 Å². The molecule has 0 aliphatic carbocycles. The van der Waals surface area contributed by atoms with Gasteiger partial charge in [-0.05, 0) is 24.3 Å². The maximum absolute atomic E-state index is 12.2. The van der Waals surface area contributed by atoms with E-state index in [0.29, 0.717) is 18.7 Å². The molecule has 0 saturated carbocycles. The lowest BCUT2D eigenvalue weighted by atomic mass is 9.98. The number of benzene rings is 1. The minimum absolute atomic E-state index is 0.136. The number of hydrogen-bond donors (Lipinski definition) is 3. The third-order valence-electron chi connectivity index (χ3n) is 3.81. The Morgan fingerprint density at radius 1 is 1.24 bits per heavy atom. The molecule has 6 nitrogen and oxygen atoms in total. The Morgan fingerprint density at radius 3 is 2.38 bits per heavy atom. The molecule has 0 spiro atoms. The summed E-state index contributed by atoms with van der Waals surface area (Å²) in [6.45, 7) is 1.22. The van der Waals surface area contributed by atoms with E-state index in [-0.39, 0.29) is 18.6 Å². The Balaban J connectivity index is 1.98. The van der Waals surface area contributed by atoms with Crippen molar-refractivity contribution in [3.63, 3.8) is 0 Å². The van der Waals surface area contributed by atoms with Crippen molar-refractivity contribution in [2.75, 3.05) is 19.7 Å². The largest absolute Gasteiger partial charge is 0.479 e. The van der Waals surface area contributed by atoms with Gasteiger partial charge < -0.3 is 20.4 Å². The highest BCUT2D eigenvalue weighted by atomic mass is 16.4. The first-order valence-electron chi connectivity index (χ1n) is 7.06. The smallest absolute Gasteiger partial charge is 0.330 e. The molecule has 3 N–H and O–H groups in total. The number of piperidine rings is 1.